The number of hydrogen-bond donors (Lipinski definition) is 0. The fourth-order valence-corrected chi connectivity index (χ4v) is 0.495. The third-order valence-electron chi connectivity index (χ3n) is 0.872. The Labute approximate surface area is 63.7 Å². The van der Waals surface area contributed by atoms with Gasteiger partial charge in [-0.1, -0.05) is 18.2 Å². The zero-order valence-corrected chi connectivity index (χ0v) is 5.66. The molecule has 0 amide bonds. The molecule has 0 unspecified atom stereocenters. The Morgan fingerprint density at radius 3 is 2.00 bits per heavy atom. The Kier molecular flexibility index (Phi) is 3.68. The van der Waals surface area contributed by atoms with Crippen LogP contribution in [0.25, 0.3) is 4.98 Å². The van der Waals surface area contributed by atoms with Gasteiger partial charge in [0.25, 0.3) is 0 Å². The predicted molar refractivity (Wildman–Crippen MR) is 31.2 cm³/mol. The van der Waals surface area contributed by atoms with Crippen molar-refractivity contribution in [2.24, 2.45) is 0 Å². The van der Waals surface area contributed by atoms with Gasteiger partial charge in [-0.05, 0) is 0 Å². The van der Waals surface area contributed by atoms with Crippen molar-refractivity contribution in [3.63, 3.8) is 0 Å². The van der Waals surface area contributed by atoms with E-state index in [4.69, 9.17) is 5.39 Å². The molecular weight excluding hydrogens is 159 g/mol. The van der Waals surface area contributed by atoms with Gasteiger partial charge in [-0.2, -0.15) is 0 Å². The Hall–Kier alpha value is -0.854. The summed E-state index contributed by atoms with van der Waals surface area (Å²) in [6.07, 6.45) is 0. The number of rotatable bonds is 0. The Morgan fingerprint density at radius 1 is 1.11 bits per heavy atom. The van der Waals surface area contributed by atoms with Gasteiger partial charge in [0.05, 0.1) is 0 Å². The standard InChI is InChI=1S/C6H5N2.Co/c7-8-6-4-2-1-3-5-6;/h1-5H;/q+1;+2. The van der Waals surface area contributed by atoms with Gasteiger partial charge in [-0.15, -0.1) is 0 Å². The van der Waals surface area contributed by atoms with E-state index in [9.17, 15) is 0 Å². The molecular formula is C6H5CoN2+3. The Bertz CT molecular complexity index is 202. The minimum Gasteiger partial charge on any atom is -0.0617 e. The van der Waals surface area contributed by atoms with Crippen molar-refractivity contribution in [3.05, 3.63) is 35.3 Å². The summed E-state index contributed by atoms with van der Waals surface area (Å²) in [5.74, 6) is 0. The molecule has 0 aliphatic rings. The van der Waals surface area contributed by atoms with Gasteiger partial charge in [0.15, 0.2) is 4.98 Å². The van der Waals surface area contributed by atoms with Crippen LogP contribution in [-0.4, -0.2) is 0 Å². The van der Waals surface area contributed by atoms with Crippen LogP contribution in [0.5, 0.6) is 0 Å². The normalized spacial score (nSPS) is 7.00. The summed E-state index contributed by atoms with van der Waals surface area (Å²) < 4.78 is 0. The van der Waals surface area contributed by atoms with Gasteiger partial charge in [0.1, 0.15) is 0 Å². The Balaban J connectivity index is 0.000000640. The van der Waals surface area contributed by atoms with E-state index in [2.05, 4.69) is 4.98 Å². The predicted octanol–water partition coefficient (Wildman–Crippen LogP) is 2.17. The summed E-state index contributed by atoms with van der Waals surface area (Å²) in [5.41, 5.74) is 0.590. The molecule has 0 heterocycles. The quantitative estimate of drug-likeness (QED) is 0.540. The van der Waals surface area contributed by atoms with Gasteiger partial charge >= 0.3 is 22.5 Å². The second-order valence-corrected chi connectivity index (χ2v) is 1.44. The van der Waals surface area contributed by atoms with E-state index in [1.54, 1.807) is 12.1 Å². The number of benzene rings is 1. The second-order valence-electron chi connectivity index (χ2n) is 1.44. The molecule has 0 fully saturated rings. The minimum atomic E-state index is 0. The molecule has 0 aliphatic carbocycles. The summed E-state index contributed by atoms with van der Waals surface area (Å²) in [4.78, 5) is 2.97. The molecule has 2 nitrogen and oxygen atoms in total. The largest absolute Gasteiger partial charge is 2.00 e. The van der Waals surface area contributed by atoms with Crippen molar-refractivity contribution >= 4 is 5.69 Å². The van der Waals surface area contributed by atoms with Crippen LogP contribution in [0.1, 0.15) is 0 Å². The third kappa shape index (κ3) is 2.26. The second kappa shape index (κ2) is 4.07. The fraction of sp³-hybridized carbons (Fsp3) is 0. The maximum absolute atomic E-state index is 8.16. The first-order valence-corrected chi connectivity index (χ1v) is 2.33. The summed E-state index contributed by atoms with van der Waals surface area (Å²) in [6, 6.07) is 8.94. The minimum absolute atomic E-state index is 0. The summed E-state index contributed by atoms with van der Waals surface area (Å²) in [7, 11) is 0. The van der Waals surface area contributed by atoms with Crippen molar-refractivity contribution in [2.75, 3.05) is 0 Å². The van der Waals surface area contributed by atoms with Crippen LogP contribution in [0, 0.1) is 5.39 Å². The van der Waals surface area contributed by atoms with E-state index in [1.165, 1.54) is 0 Å². The van der Waals surface area contributed by atoms with Crippen LogP contribution in [0.4, 0.5) is 5.69 Å². The first-order valence-electron chi connectivity index (χ1n) is 2.33. The van der Waals surface area contributed by atoms with Gasteiger partial charge in [0, 0.05) is 12.1 Å². The maximum atomic E-state index is 8.16. The van der Waals surface area contributed by atoms with Crippen LogP contribution in [0.15, 0.2) is 30.3 Å². The molecule has 0 atom stereocenters. The fourth-order valence-electron chi connectivity index (χ4n) is 0.495. The van der Waals surface area contributed by atoms with Crippen molar-refractivity contribution in [1.82, 2.24) is 0 Å². The molecule has 1 rings (SSSR count). The molecule has 1 radical (unpaired) electrons. The molecule has 0 aromatic heterocycles. The number of diazo groups is 1. The molecule has 0 aliphatic heterocycles. The molecule has 0 N–H and O–H groups in total. The zero-order valence-electron chi connectivity index (χ0n) is 4.61. The number of hydrogen-bond acceptors (Lipinski definition) is 1. The molecule has 45 valence electrons. The van der Waals surface area contributed by atoms with E-state index in [-0.39, 0.29) is 16.8 Å². The van der Waals surface area contributed by atoms with E-state index < -0.39 is 0 Å². The van der Waals surface area contributed by atoms with Crippen molar-refractivity contribution < 1.29 is 16.8 Å². The van der Waals surface area contributed by atoms with Crippen LogP contribution >= 0.6 is 0 Å². The molecule has 0 saturated heterocycles. The van der Waals surface area contributed by atoms with Crippen LogP contribution in [0.2, 0.25) is 0 Å². The van der Waals surface area contributed by atoms with E-state index >= 15 is 0 Å². The first kappa shape index (κ1) is 8.15. The van der Waals surface area contributed by atoms with Gasteiger partial charge < -0.3 is 0 Å². The van der Waals surface area contributed by atoms with Gasteiger partial charge in [-0.25, -0.2) is 0 Å². The molecule has 3 heteroatoms. The molecule has 0 bridgehead atoms. The van der Waals surface area contributed by atoms with Crippen LogP contribution in [-0.2, 0) is 16.8 Å². The summed E-state index contributed by atoms with van der Waals surface area (Å²) in [6.45, 7) is 0. The molecule has 9 heavy (non-hydrogen) atoms. The van der Waals surface area contributed by atoms with Crippen LogP contribution in [0.3, 0.4) is 0 Å². The van der Waals surface area contributed by atoms with Crippen molar-refractivity contribution in [1.29, 1.82) is 5.39 Å². The summed E-state index contributed by atoms with van der Waals surface area (Å²) >= 11 is 0. The monoisotopic (exact) mass is 164 g/mol. The van der Waals surface area contributed by atoms with E-state index in [1.807, 2.05) is 18.2 Å². The first-order chi connectivity index (χ1) is 3.93. The van der Waals surface area contributed by atoms with E-state index in [0.717, 1.165) is 0 Å². The van der Waals surface area contributed by atoms with Crippen molar-refractivity contribution in [3.8, 4) is 0 Å². The average Bonchev–Trinajstić information content (AvgIpc) is 1.90. The maximum Gasteiger partial charge on any atom is 2.00 e. The van der Waals surface area contributed by atoms with Crippen LogP contribution < -0.4 is 0 Å². The van der Waals surface area contributed by atoms with E-state index in [0.29, 0.717) is 5.69 Å². The van der Waals surface area contributed by atoms with Gasteiger partial charge in [-0.3, -0.25) is 0 Å². The smallest absolute Gasteiger partial charge is 0.0617 e. The third-order valence-corrected chi connectivity index (χ3v) is 0.872. The number of nitrogens with zero attached hydrogens (tertiary/aromatic N) is 2. The average molecular weight is 164 g/mol. The summed E-state index contributed by atoms with van der Waals surface area (Å²) in [5, 5.41) is 8.16. The van der Waals surface area contributed by atoms with Crippen molar-refractivity contribution in [2.45, 2.75) is 0 Å². The molecule has 1 aromatic carbocycles. The molecule has 0 saturated carbocycles. The topological polar surface area (TPSA) is 28.1 Å². The zero-order chi connectivity index (χ0) is 5.82. The van der Waals surface area contributed by atoms with Gasteiger partial charge in [0.2, 0.25) is 5.39 Å². The molecule has 0 spiro atoms. The SMILES string of the molecule is N#[N+]c1ccccc1.[Co+2]. The Morgan fingerprint density at radius 2 is 1.67 bits per heavy atom. The molecule has 1 aromatic rings.